The Labute approximate surface area is 128 Å². The summed E-state index contributed by atoms with van der Waals surface area (Å²) in [4.78, 5) is 0. The molecule has 0 amide bonds. The average molecular weight is 347 g/mol. The normalized spacial score (nSPS) is 16.7. The van der Waals surface area contributed by atoms with E-state index < -0.39 is 36.2 Å². The van der Waals surface area contributed by atoms with E-state index in [1.54, 1.807) is 7.11 Å². The molecule has 20 heavy (non-hydrogen) atoms. The highest BCUT2D eigenvalue weighted by molar-refractivity contribution is 6.88. The molecule has 0 aliphatic heterocycles. The van der Waals surface area contributed by atoms with Crippen molar-refractivity contribution >= 4 is 41.4 Å². The highest BCUT2D eigenvalue weighted by atomic mass is 28.4. The molecule has 0 heterocycles. The third-order valence-corrected chi connectivity index (χ3v) is 15.2. The summed E-state index contributed by atoms with van der Waals surface area (Å²) < 4.78 is 23.3. The van der Waals surface area contributed by atoms with Crippen LogP contribution in [-0.2, 0) is 16.8 Å². The third-order valence-electron chi connectivity index (χ3n) is 3.03. The molecular weight excluding hydrogens is 320 g/mol. The predicted molar refractivity (Wildman–Crippen MR) is 92.9 cm³/mol. The first-order valence-electron chi connectivity index (χ1n) is 6.92. The minimum absolute atomic E-state index is 1.30. The zero-order valence-electron chi connectivity index (χ0n) is 13.3. The maximum absolute atomic E-state index is 6.29. The summed E-state index contributed by atoms with van der Waals surface area (Å²) in [6.45, 7) is 10.6. The molecule has 0 aliphatic rings. The van der Waals surface area contributed by atoms with Crippen LogP contribution in [-0.4, -0.2) is 43.3 Å². The quantitative estimate of drug-likeness (QED) is 0.666. The van der Waals surface area contributed by atoms with Gasteiger partial charge in [0.2, 0.25) is 8.32 Å². The Bertz CT molecular complexity index is 390. The molecule has 3 unspecified atom stereocenters. The van der Waals surface area contributed by atoms with E-state index in [1.165, 1.54) is 5.19 Å². The molecule has 0 saturated heterocycles. The van der Waals surface area contributed by atoms with Crippen LogP contribution in [0.25, 0.3) is 0 Å². The summed E-state index contributed by atoms with van der Waals surface area (Å²) in [6.07, 6.45) is 0. The van der Waals surface area contributed by atoms with Crippen molar-refractivity contribution < 1.29 is 16.8 Å². The Balaban J connectivity index is 2.51. The smallest absolute Gasteiger partial charge is 0.308 e. The standard InChI is InChI=1S/C12H26O4Si4/c1-13-17(2)14-18(3)15-19(4)16-20(5,6)12-10-8-7-9-11-12/h7-11,17-19H,1-6H3. The fourth-order valence-corrected chi connectivity index (χ4v) is 13.2. The van der Waals surface area contributed by atoms with Gasteiger partial charge in [-0.1, -0.05) is 30.3 Å². The minimum Gasteiger partial charge on any atom is -0.435 e. The predicted octanol–water partition coefficient (Wildman–Crippen LogP) is 1.35. The van der Waals surface area contributed by atoms with E-state index in [9.17, 15) is 0 Å². The molecule has 4 nitrogen and oxygen atoms in total. The average Bonchev–Trinajstić information content (AvgIpc) is 2.38. The highest BCUT2D eigenvalue weighted by Gasteiger charge is 2.29. The van der Waals surface area contributed by atoms with Gasteiger partial charge in [0.05, 0.1) is 0 Å². The van der Waals surface area contributed by atoms with Crippen molar-refractivity contribution in [3.05, 3.63) is 30.3 Å². The maximum Gasteiger partial charge on any atom is 0.308 e. The van der Waals surface area contributed by atoms with E-state index in [1.807, 2.05) is 19.2 Å². The summed E-state index contributed by atoms with van der Waals surface area (Å²) in [5.74, 6) is 0. The van der Waals surface area contributed by atoms with E-state index in [0.717, 1.165) is 0 Å². The van der Waals surface area contributed by atoms with Gasteiger partial charge in [0.25, 0.3) is 18.6 Å². The lowest BCUT2D eigenvalue weighted by atomic mass is 10.4. The molecule has 3 atom stereocenters. The Morgan fingerprint density at radius 3 is 1.95 bits per heavy atom. The van der Waals surface area contributed by atoms with E-state index >= 15 is 0 Å². The lowest BCUT2D eigenvalue weighted by molar-refractivity contribution is 0.309. The summed E-state index contributed by atoms with van der Waals surface area (Å²) in [5.41, 5.74) is 0. The molecule has 0 spiro atoms. The second kappa shape index (κ2) is 8.39. The van der Waals surface area contributed by atoms with Gasteiger partial charge in [0.1, 0.15) is 0 Å². The SMILES string of the molecule is CO[SiH](C)O[SiH](C)O[SiH](C)O[Si](C)(C)c1ccccc1. The lowest BCUT2D eigenvalue weighted by Crippen LogP contribution is -2.50. The van der Waals surface area contributed by atoms with Crippen molar-refractivity contribution in [2.24, 2.45) is 0 Å². The van der Waals surface area contributed by atoms with Crippen molar-refractivity contribution in [2.45, 2.75) is 32.7 Å². The molecule has 1 aromatic rings. The Hall–Kier alpha value is -0.0725. The number of benzene rings is 1. The van der Waals surface area contributed by atoms with Crippen molar-refractivity contribution in [2.75, 3.05) is 7.11 Å². The zero-order valence-corrected chi connectivity index (χ0v) is 17.7. The topological polar surface area (TPSA) is 36.9 Å². The molecule has 0 radical (unpaired) electrons. The molecule has 8 heteroatoms. The van der Waals surface area contributed by atoms with Crippen LogP contribution in [0.5, 0.6) is 0 Å². The van der Waals surface area contributed by atoms with Crippen LogP contribution < -0.4 is 5.19 Å². The monoisotopic (exact) mass is 346 g/mol. The summed E-state index contributed by atoms with van der Waals surface area (Å²) >= 11 is 0. The van der Waals surface area contributed by atoms with E-state index in [4.69, 9.17) is 16.8 Å². The van der Waals surface area contributed by atoms with Crippen LogP contribution in [0.4, 0.5) is 0 Å². The third kappa shape index (κ3) is 6.14. The molecule has 0 aliphatic carbocycles. The number of hydrogen-bond donors (Lipinski definition) is 0. The van der Waals surface area contributed by atoms with Gasteiger partial charge in [0.15, 0.2) is 0 Å². The van der Waals surface area contributed by atoms with Crippen molar-refractivity contribution in [3.8, 4) is 0 Å². The van der Waals surface area contributed by atoms with Gasteiger partial charge in [-0.15, -0.1) is 0 Å². The zero-order chi connectivity index (χ0) is 15.2. The van der Waals surface area contributed by atoms with Crippen LogP contribution in [0.15, 0.2) is 30.3 Å². The Morgan fingerprint density at radius 1 is 0.850 bits per heavy atom. The molecule has 1 aromatic carbocycles. The molecule has 0 fully saturated rings. The van der Waals surface area contributed by atoms with Crippen molar-refractivity contribution in [1.82, 2.24) is 0 Å². The van der Waals surface area contributed by atoms with E-state index in [0.29, 0.717) is 0 Å². The first-order chi connectivity index (χ1) is 9.35. The van der Waals surface area contributed by atoms with Gasteiger partial charge < -0.3 is 16.8 Å². The highest BCUT2D eigenvalue weighted by Crippen LogP contribution is 2.09. The number of rotatable bonds is 8. The first-order valence-corrected chi connectivity index (χ1v) is 16.1. The Kier molecular flexibility index (Phi) is 7.54. The second-order valence-corrected chi connectivity index (χ2v) is 15.8. The van der Waals surface area contributed by atoms with Crippen LogP contribution in [0.3, 0.4) is 0 Å². The summed E-state index contributed by atoms with van der Waals surface area (Å²) in [5, 5.41) is 1.30. The summed E-state index contributed by atoms with van der Waals surface area (Å²) in [7, 11) is -4.96. The van der Waals surface area contributed by atoms with Gasteiger partial charge in [-0.25, -0.2) is 0 Å². The summed E-state index contributed by atoms with van der Waals surface area (Å²) in [6, 6.07) is 10.4. The molecule has 0 bridgehead atoms. The van der Waals surface area contributed by atoms with Crippen molar-refractivity contribution in [1.29, 1.82) is 0 Å². The molecule has 0 saturated carbocycles. The van der Waals surface area contributed by atoms with Gasteiger partial charge in [-0.3, -0.25) is 0 Å². The van der Waals surface area contributed by atoms with Gasteiger partial charge in [-0.2, -0.15) is 0 Å². The van der Waals surface area contributed by atoms with Crippen LogP contribution >= 0.6 is 0 Å². The second-order valence-electron chi connectivity index (χ2n) is 5.20. The molecule has 0 N–H and O–H groups in total. The molecule has 0 aromatic heterocycles. The molecule has 114 valence electrons. The fraction of sp³-hybridized carbons (Fsp3) is 0.500. The Morgan fingerprint density at radius 2 is 1.40 bits per heavy atom. The van der Waals surface area contributed by atoms with Gasteiger partial charge in [-0.05, 0) is 37.9 Å². The molecular formula is C12H26O4Si4. The minimum atomic E-state index is -1.87. The largest absolute Gasteiger partial charge is 0.435 e. The first kappa shape index (κ1) is 18.0. The van der Waals surface area contributed by atoms with E-state index in [2.05, 4.69) is 43.9 Å². The van der Waals surface area contributed by atoms with Gasteiger partial charge in [0, 0.05) is 7.11 Å². The van der Waals surface area contributed by atoms with Crippen LogP contribution in [0.1, 0.15) is 0 Å². The lowest BCUT2D eigenvalue weighted by Gasteiger charge is -2.29. The van der Waals surface area contributed by atoms with E-state index in [-0.39, 0.29) is 0 Å². The van der Waals surface area contributed by atoms with Crippen LogP contribution in [0, 0.1) is 0 Å². The fourth-order valence-electron chi connectivity index (χ4n) is 1.98. The van der Waals surface area contributed by atoms with Crippen LogP contribution in [0.2, 0.25) is 32.7 Å². The van der Waals surface area contributed by atoms with Crippen molar-refractivity contribution in [3.63, 3.8) is 0 Å². The maximum atomic E-state index is 6.29. The number of hydrogen-bond acceptors (Lipinski definition) is 4. The van der Waals surface area contributed by atoms with Gasteiger partial charge >= 0.3 is 9.28 Å². The molecule has 1 rings (SSSR count).